The summed E-state index contributed by atoms with van der Waals surface area (Å²) in [6, 6.07) is 6.35. The molecule has 1 aromatic carbocycles. The first kappa shape index (κ1) is 49.6. The van der Waals surface area contributed by atoms with Crippen LogP contribution in [0.2, 0.25) is 0 Å². The summed E-state index contributed by atoms with van der Waals surface area (Å²) in [7, 11) is 0. The summed E-state index contributed by atoms with van der Waals surface area (Å²) in [4.78, 5) is 39.3. The molecule has 354 valence electrons. The van der Waals surface area contributed by atoms with Gasteiger partial charge in [-0.05, 0) is 95.6 Å². The number of carbonyl (C=O) groups excluding carboxylic acids is 2. The van der Waals surface area contributed by atoms with Crippen LogP contribution >= 0.6 is 0 Å². The fourth-order valence-electron chi connectivity index (χ4n) is 11.7. The maximum atomic E-state index is 14.7. The number of aliphatic hydroxyl groups excluding tert-OH is 2. The summed E-state index contributed by atoms with van der Waals surface area (Å²) >= 11 is 0. The third-order valence-electron chi connectivity index (χ3n) is 16.1. The van der Waals surface area contributed by atoms with Gasteiger partial charge in [-0.3, -0.25) is 19.7 Å². The maximum absolute atomic E-state index is 14.7. The smallest absolute Gasteiger partial charge is 0.274 e. The highest BCUT2D eigenvalue weighted by Crippen LogP contribution is 2.54. The molecule has 5 aliphatic heterocycles. The molecule has 18 atom stereocenters. The Labute approximate surface area is 374 Å². The van der Waals surface area contributed by atoms with Crippen LogP contribution in [0.5, 0.6) is 0 Å². The number of Topliss-reactive ketones (excluding diaryl/α,β-unsaturated/α-hetero) is 1. The minimum absolute atomic E-state index is 0.0158. The monoisotopic (exact) mass is 885 g/mol. The van der Waals surface area contributed by atoms with Crippen molar-refractivity contribution in [2.75, 3.05) is 0 Å². The first-order valence-electron chi connectivity index (χ1n) is 23.9. The number of hydrogen-bond acceptors (Lipinski definition) is 12. The summed E-state index contributed by atoms with van der Waals surface area (Å²) < 4.78 is 33.9. The van der Waals surface area contributed by atoms with E-state index in [1.807, 2.05) is 41.5 Å². The van der Waals surface area contributed by atoms with Gasteiger partial charge in [0.25, 0.3) is 5.69 Å². The number of benzene rings is 1. The second kappa shape index (κ2) is 19.6. The summed E-state index contributed by atoms with van der Waals surface area (Å²) in [5.74, 6) is -5.34. The second-order valence-corrected chi connectivity index (χ2v) is 20.2. The van der Waals surface area contributed by atoms with E-state index in [0.29, 0.717) is 63.4 Å². The van der Waals surface area contributed by atoms with Crippen LogP contribution in [0.3, 0.4) is 0 Å². The minimum Gasteiger partial charge on any atom is -0.392 e. The fraction of sp³-hybridized carbons (Fsp3) is 0.796. The Morgan fingerprint density at radius 2 is 1.63 bits per heavy atom. The topological polar surface area (TPSA) is 196 Å². The molecule has 0 bridgehead atoms. The fourth-order valence-corrected chi connectivity index (χ4v) is 11.7. The number of carbonyl (C=O) groups is 2. The highest BCUT2D eigenvalue weighted by atomic mass is 16.8. The van der Waals surface area contributed by atoms with Gasteiger partial charge in [0.2, 0.25) is 11.7 Å². The molecule has 4 fully saturated rings. The largest absolute Gasteiger partial charge is 0.392 e. The van der Waals surface area contributed by atoms with Crippen molar-refractivity contribution in [2.24, 2.45) is 41.4 Å². The molecule has 0 radical (unpaired) electrons. The molecule has 5 aliphatic rings. The zero-order chi connectivity index (χ0) is 46.2. The van der Waals surface area contributed by atoms with Crippen molar-refractivity contribution in [2.45, 2.75) is 205 Å². The first-order chi connectivity index (χ1) is 29.7. The van der Waals surface area contributed by atoms with Gasteiger partial charge < -0.3 is 44.3 Å². The molecule has 0 aromatic heterocycles. The Morgan fingerprint density at radius 3 is 2.29 bits per heavy atom. The second-order valence-electron chi connectivity index (χ2n) is 20.2. The van der Waals surface area contributed by atoms with E-state index in [0.717, 1.165) is 6.42 Å². The van der Waals surface area contributed by atoms with Gasteiger partial charge in [-0.2, -0.15) is 0 Å². The molecule has 6 rings (SSSR count). The van der Waals surface area contributed by atoms with Gasteiger partial charge in [-0.1, -0.05) is 73.6 Å². The first-order valence-corrected chi connectivity index (χ1v) is 23.9. The molecule has 0 saturated carbocycles. The number of nitrogens with zero attached hydrogens (tertiary/aromatic N) is 1. The molecule has 14 nitrogen and oxygen atoms in total. The van der Waals surface area contributed by atoms with Gasteiger partial charge in [-0.15, -0.1) is 0 Å². The number of hydrogen-bond donors (Lipinski definition) is 4. The van der Waals surface area contributed by atoms with E-state index in [9.17, 15) is 35.0 Å². The van der Waals surface area contributed by atoms with Crippen molar-refractivity contribution < 1.29 is 53.5 Å². The van der Waals surface area contributed by atoms with Crippen molar-refractivity contribution in [3.05, 3.63) is 52.1 Å². The molecular weight excluding hydrogens is 809 g/mol. The standard InChI is InChI=1S/C49H76N2O12/c1-11-35(45(55)50-27-34-16-14-15-17-37(34)51(57)58)38-19-18-28(4)43(60-38)32(8)41(53)31(7)42(54)36(12-2)44-29(5)26-30(6)48(61-44)23-20-39(52)49(63-48)25-24-46(10,62-49)40-21-22-47(56,13-3)33(9)59-40/h14-17,20,23,28-33,35-36,38-41,43-44,52-53,56H,11-13,18-19,21-22,24-27H2,1-10H3,(H,50,55)/t28-,29-,30+,31-,32-,33-,35+,36-,38+,39+,40+,41+,43+,44-,46-,47+,48+,49+/m0/s1. The Balaban J connectivity index is 1.12. The van der Waals surface area contributed by atoms with E-state index in [1.165, 1.54) is 6.07 Å². The van der Waals surface area contributed by atoms with Crippen molar-refractivity contribution >= 4 is 17.4 Å². The van der Waals surface area contributed by atoms with Crippen LogP contribution in [0, 0.1) is 51.5 Å². The molecule has 0 aliphatic carbocycles. The minimum atomic E-state index is -1.40. The average molecular weight is 885 g/mol. The third-order valence-corrected chi connectivity index (χ3v) is 16.1. The number of ketones is 1. The Hall–Kier alpha value is -2.82. The molecule has 5 heterocycles. The maximum Gasteiger partial charge on any atom is 0.274 e. The molecule has 4 N–H and O–H groups in total. The van der Waals surface area contributed by atoms with Crippen molar-refractivity contribution in [1.82, 2.24) is 5.32 Å². The number of amides is 1. The van der Waals surface area contributed by atoms with E-state index in [2.05, 4.69) is 26.1 Å². The van der Waals surface area contributed by atoms with E-state index >= 15 is 0 Å². The Kier molecular flexibility index (Phi) is 15.4. The third kappa shape index (κ3) is 9.71. The van der Waals surface area contributed by atoms with E-state index in [4.69, 9.17) is 23.7 Å². The van der Waals surface area contributed by atoms with Gasteiger partial charge in [-0.25, -0.2) is 0 Å². The predicted molar refractivity (Wildman–Crippen MR) is 236 cm³/mol. The Morgan fingerprint density at radius 1 is 0.937 bits per heavy atom. The van der Waals surface area contributed by atoms with Gasteiger partial charge in [0, 0.05) is 48.3 Å². The van der Waals surface area contributed by atoms with Crippen LogP contribution < -0.4 is 5.32 Å². The molecule has 0 unspecified atom stereocenters. The highest BCUT2D eigenvalue weighted by molar-refractivity contribution is 5.84. The van der Waals surface area contributed by atoms with Crippen molar-refractivity contribution in [1.29, 1.82) is 0 Å². The quantitative estimate of drug-likeness (QED) is 0.0779. The number of nitro benzene ring substituents is 1. The lowest BCUT2D eigenvalue weighted by Gasteiger charge is -2.54. The molecule has 4 saturated heterocycles. The summed E-state index contributed by atoms with van der Waals surface area (Å²) in [6.07, 6.45) is 5.21. The normalized spacial score (nSPS) is 40.6. The average Bonchev–Trinajstić information content (AvgIpc) is 3.61. The van der Waals surface area contributed by atoms with Gasteiger partial charge in [0.05, 0.1) is 58.7 Å². The summed E-state index contributed by atoms with van der Waals surface area (Å²) in [5, 5.41) is 49.0. The van der Waals surface area contributed by atoms with Gasteiger partial charge in [0.1, 0.15) is 11.9 Å². The molecule has 1 amide bonds. The van der Waals surface area contributed by atoms with E-state index in [-0.39, 0.29) is 53.9 Å². The van der Waals surface area contributed by atoms with Crippen LogP contribution in [0.4, 0.5) is 5.69 Å². The zero-order valence-electron chi connectivity index (χ0n) is 39.3. The van der Waals surface area contributed by atoms with Gasteiger partial charge >= 0.3 is 0 Å². The lowest BCUT2D eigenvalue weighted by Crippen LogP contribution is -2.63. The number of nitrogens with one attached hydrogen (secondary N) is 1. The molecule has 63 heavy (non-hydrogen) atoms. The van der Waals surface area contributed by atoms with Gasteiger partial charge in [0.15, 0.2) is 5.79 Å². The van der Waals surface area contributed by atoms with Crippen molar-refractivity contribution in [3.63, 3.8) is 0 Å². The number of ether oxygens (including phenoxy) is 5. The number of nitro groups is 1. The lowest BCUT2D eigenvalue weighted by atomic mass is 9.72. The molecule has 14 heteroatoms. The van der Waals surface area contributed by atoms with Crippen LogP contribution in [-0.2, 0) is 39.8 Å². The Bertz CT molecular complexity index is 1810. The van der Waals surface area contributed by atoms with Crippen molar-refractivity contribution in [3.8, 4) is 0 Å². The molecule has 1 aromatic rings. The number of para-hydroxylation sites is 1. The van der Waals surface area contributed by atoms with Crippen LogP contribution in [-0.4, -0.2) is 97.4 Å². The van der Waals surface area contributed by atoms with E-state index in [1.54, 1.807) is 37.3 Å². The molecular formula is C49H76N2O12. The van der Waals surface area contributed by atoms with E-state index < -0.39 is 81.9 Å². The summed E-state index contributed by atoms with van der Waals surface area (Å²) in [5.41, 5.74) is -1.30. The summed E-state index contributed by atoms with van der Waals surface area (Å²) in [6.45, 7) is 19.7. The van der Waals surface area contributed by atoms with Crippen LogP contribution in [0.1, 0.15) is 139 Å². The predicted octanol–water partition coefficient (Wildman–Crippen LogP) is 7.33. The lowest BCUT2D eigenvalue weighted by molar-refractivity contribution is -0.409. The van der Waals surface area contributed by atoms with Crippen LogP contribution in [0.25, 0.3) is 0 Å². The zero-order valence-corrected chi connectivity index (χ0v) is 39.3. The molecule has 2 spiro atoms. The highest BCUT2D eigenvalue weighted by Gasteiger charge is 2.63. The SMILES string of the molecule is CC[C@@H](C(=O)[C@@H](C)[C@@H](O)[C@H](C)[C@@H]1O[C@@H]([C@@H](CC)C(=O)NCc2ccccc2[N+](=O)[O-])CC[C@@H]1C)[C@H]1O[C@@]2(C=C[C@@H](O)[C@@]3(CC[C@@](C)([C@H]4CC[C@](O)(CC)[C@H](C)O4)O3)O2)[C@H](C)C[C@@H]1C. The van der Waals surface area contributed by atoms with Crippen LogP contribution in [0.15, 0.2) is 36.4 Å². The number of rotatable bonds is 15. The number of aliphatic hydroxyl groups is 3.